The maximum atomic E-state index is 12.3. The molecule has 0 heterocycles. The molecule has 0 bridgehead atoms. The van der Waals surface area contributed by atoms with Gasteiger partial charge in [-0.3, -0.25) is 10.1 Å². The Bertz CT molecular complexity index is 802. The first kappa shape index (κ1) is 16.0. The molecule has 8 heteroatoms. The molecule has 2 rings (SSSR count). The van der Waals surface area contributed by atoms with Gasteiger partial charge in [-0.15, -0.1) is 0 Å². The van der Waals surface area contributed by atoms with Gasteiger partial charge in [0.1, 0.15) is 0 Å². The normalized spacial score (nSPS) is 12.0. The lowest BCUT2D eigenvalue weighted by molar-refractivity contribution is -0.411. The highest BCUT2D eigenvalue weighted by Crippen LogP contribution is 2.20. The van der Waals surface area contributed by atoms with Gasteiger partial charge in [-0.05, 0) is 36.4 Å². The third kappa shape index (κ3) is 3.63. The van der Waals surface area contributed by atoms with E-state index in [0.717, 1.165) is 6.20 Å². The summed E-state index contributed by atoms with van der Waals surface area (Å²) < 4.78 is 24.6. The summed E-state index contributed by atoms with van der Waals surface area (Å²) in [5.74, 6) is 0. The SMILES string of the molecule is O=[N+]([O-])C(=CNc1ccc(Cl)cc1)S(=O)(=O)c1ccccc1. The van der Waals surface area contributed by atoms with Gasteiger partial charge in [0.05, 0.1) is 16.0 Å². The van der Waals surface area contributed by atoms with Gasteiger partial charge in [0.25, 0.3) is 9.84 Å². The van der Waals surface area contributed by atoms with Crippen LogP contribution in [0.5, 0.6) is 0 Å². The zero-order chi connectivity index (χ0) is 16.2. The summed E-state index contributed by atoms with van der Waals surface area (Å²) in [4.78, 5) is 10.0. The van der Waals surface area contributed by atoms with Crippen LogP contribution in [0.25, 0.3) is 0 Å². The van der Waals surface area contributed by atoms with Crippen molar-refractivity contribution in [1.29, 1.82) is 0 Å². The number of nitrogens with zero attached hydrogens (tertiary/aromatic N) is 1. The van der Waals surface area contributed by atoms with E-state index in [9.17, 15) is 18.5 Å². The lowest BCUT2D eigenvalue weighted by Crippen LogP contribution is -2.14. The molecular weight excluding hydrogens is 328 g/mol. The lowest BCUT2D eigenvalue weighted by atomic mass is 10.3. The van der Waals surface area contributed by atoms with Crippen LogP contribution >= 0.6 is 11.6 Å². The molecule has 2 aromatic carbocycles. The fourth-order valence-electron chi connectivity index (χ4n) is 1.64. The third-order valence-electron chi connectivity index (χ3n) is 2.72. The van der Waals surface area contributed by atoms with Crippen molar-refractivity contribution in [3.63, 3.8) is 0 Å². The van der Waals surface area contributed by atoms with Crippen molar-refractivity contribution in [2.45, 2.75) is 4.90 Å². The number of nitrogens with one attached hydrogen (secondary N) is 1. The highest BCUT2D eigenvalue weighted by Gasteiger charge is 2.31. The summed E-state index contributed by atoms with van der Waals surface area (Å²) in [6.45, 7) is 0. The molecular formula is C14H11ClN2O4S. The van der Waals surface area contributed by atoms with Crippen LogP contribution in [0, 0.1) is 10.1 Å². The molecule has 6 nitrogen and oxygen atoms in total. The standard InChI is InChI=1S/C14H11ClN2O4S/c15-11-6-8-12(9-7-11)16-10-14(17(18)19)22(20,21)13-4-2-1-3-5-13/h1-10,16H. The first-order chi connectivity index (χ1) is 10.4. The van der Waals surface area contributed by atoms with E-state index in [0.29, 0.717) is 10.7 Å². The van der Waals surface area contributed by atoms with E-state index in [2.05, 4.69) is 5.32 Å². The van der Waals surface area contributed by atoms with E-state index in [1.54, 1.807) is 30.3 Å². The number of nitro groups is 1. The van der Waals surface area contributed by atoms with Crippen LogP contribution in [-0.2, 0) is 9.84 Å². The second-order valence-corrected chi connectivity index (χ2v) is 6.54. The van der Waals surface area contributed by atoms with Crippen molar-refractivity contribution in [2.24, 2.45) is 0 Å². The Morgan fingerprint density at radius 2 is 1.68 bits per heavy atom. The minimum Gasteiger partial charge on any atom is -0.355 e. The molecule has 0 amide bonds. The highest BCUT2D eigenvalue weighted by molar-refractivity contribution is 7.95. The molecule has 0 unspecified atom stereocenters. The van der Waals surface area contributed by atoms with Crippen LogP contribution < -0.4 is 5.32 Å². The van der Waals surface area contributed by atoms with Crippen LogP contribution in [0.2, 0.25) is 5.02 Å². The molecule has 0 aliphatic heterocycles. The maximum absolute atomic E-state index is 12.3. The molecule has 0 saturated carbocycles. The topological polar surface area (TPSA) is 89.3 Å². The summed E-state index contributed by atoms with van der Waals surface area (Å²) in [5, 5.41) is 13.2. The number of hydrogen-bond acceptors (Lipinski definition) is 5. The summed E-state index contributed by atoms with van der Waals surface area (Å²) in [7, 11) is -4.21. The van der Waals surface area contributed by atoms with E-state index in [4.69, 9.17) is 11.6 Å². The predicted molar refractivity (Wildman–Crippen MR) is 83.8 cm³/mol. The van der Waals surface area contributed by atoms with Crippen molar-refractivity contribution >= 4 is 27.1 Å². The number of hydrogen-bond donors (Lipinski definition) is 1. The molecule has 0 fully saturated rings. The highest BCUT2D eigenvalue weighted by atomic mass is 35.5. The molecule has 0 radical (unpaired) electrons. The van der Waals surface area contributed by atoms with Crippen molar-refractivity contribution in [1.82, 2.24) is 0 Å². The minimum absolute atomic E-state index is 0.143. The van der Waals surface area contributed by atoms with Crippen LogP contribution in [0.4, 0.5) is 5.69 Å². The Morgan fingerprint density at radius 3 is 2.23 bits per heavy atom. The third-order valence-corrected chi connectivity index (χ3v) is 4.68. The molecule has 114 valence electrons. The Kier molecular flexibility index (Phi) is 4.79. The Labute approximate surface area is 132 Å². The quantitative estimate of drug-likeness (QED) is 0.667. The smallest absolute Gasteiger partial charge is 0.355 e. The Balaban J connectivity index is 2.36. The van der Waals surface area contributed by atoms with E-state index in [1.165, 1.54) is 24.3 Å². The van der Waals surface area contributed by atoms with Crippen molar-refractivity contribution in [3.8, 4) is 0 Å². The number of halogens is 1. The van der Waals surface area contributed by atoms with Crippen LogP contribution in [0.3, 0.4) is 0 Å². The van der Waals surface area contributed by atoms with E-state index < -0.39 is 19.8 Å². The molecule has 2 aromatic rings. The van der Waals surface area contributed by atoms with E-state index >= 15 is 0 Å². The summed E-state index contributed by atoms with van der Waals surface area (Å²) in [5.41, 5.74) is 0.479. The molecule has 1 N–H and O–H groups in total. The van der Waals surface area contributed by atoms with Gasteiger partial charge < -0.3 is 5.32 Å². The van der Waals surface area contributed by atoms with Gasteiger partial charge in [0.2, 0.25) is 0 Å². The van der Waals surface area contributed by atoms with Crippen LogP contribution in [-0.4, -0.2) is 13.3 Å². The summed E-state index contributed by atoms with van der Waals surface area (Å²) in [6, 6.07) is 13.5. The van der Waals surface area contributed by atoms with Crippen LogP contribution in [0.1, 0.15) is 0 Å². The van der Waals surface area contributed by atoms with E-state index in [1.807, 2.05) is 0 Å². The fourth-order valence-corrected chi connectivity index (χ4v) is 2.93. The molecule has 0 spiro atoms. The fraction of sp³-hybridized carbons (Fsp3) is 0. The lowest BCUT2D eigenvalue weighted by Gasteiger charge is -2.04. The molecule has 0 aliphatic rings. The first-order valence-corrected chi connectivity index (χ1v) is 7.94. The number of anilines is 1. The number of rotatable bonds is 5. The molecule has 22 heavy (non-hydrogen) atoms. The summed E-state index contributed by atoms with van der Waals surface area (Å²) in [6.07, 6.45) is 0.853. The van der Waals surface area contributed by atoms with Gasteiger partial charge >= 0.3 is 5.03 Å². The van der Waals surface area contributed by atoms with Crippen molar-refractivity contribution < 1.29 is 13.3 Å². The number of sulfone groups is 1. The maximum Gasteiger partial charge on any atom is 0.379 e. The Hall–Kier alpha value is -2.38. The van der Waals surface area contributed by atoms with E-state index in [-0.39, 0.29) is 4.90 Å². The van der Waals surface area contributed by atoms with Crippen molar-refractivity contribution in [2.75, 3.05) is 5.32 Å². The molecule has 0 saturated heterocycles. The number of benzene rings is 2. The second-order valence-electron chi connectivity index (χ2n) is 4.21. The zero-order valence-electron chi connectivity index (χ0n) is 11.1. The van der Waals surface area contributed by atoms with Gasteiger partial charge in [-0.2, -0.15) is 0 Å². The van der Waals surface area contributed by atoms with Gasteiger partial charge in [0, 0.05) is 10.7 Å². The first-order valence-electron chi connectivity index (χ1n) is 6.08. The molecule has 0 atom stereocenters. The zero-order valence-corrected chi connectivity index (χ0v) is 12.7. The predicted octanol–water partition coefficient (Wildman–Crippen LogP) is 3.30. The molecule has 0 aliphatic carbocycles. The van der Waals surface area contributed by atoms with Crippen molar-refractivity contribution in [3.05, 3.63) is 81.0 Å². The van der Waals surface area contributed by atoms with Crippen LogP contribution in [0.15, 0.2) is 70.7 Å². The van der Waals surface area contributed by atoms with Gasteiger partial charge in [0.15, 0.2) is 0 Å². The Morgan fingerprint density at radius 1 is 1.09 bits per heavy atom. The molecule has 0 aromatic heterocycles. The van der Waals surface area contributed by atoms with Gasteiger partial charge in [-0.1, -0.05) is 29.8 Å². The summed E-state index contributed by atoms with van der Waals surface area (Å²) >= 11 is 5.73. The van der Waals surface area contributed by atoms with Gasteiger partial charge in [-0.25, -0.2) is 8.42 Å². The second kappa shape index (κ2) is 6.59. The monoisotopic (exact) mass is 338 g/mol. The minimum atomic E-state index is -4.21. The average Bonchev–Trinajstić information content (AvgIpc) is 2.50. The largest absolute Gasteiger partial charge is 0.379 e. The average molecular weight is 339 g/mol.